The third-order valence-electron chi connectivity index (χ3n) is 4.81. The van der Waals surface area contributed by atoms with Gasteiger partial charge in [0.25, 0.3) is 0 Å². The normalized spacial score (nSPS) is 10.7. The van der Waals surface area contributed by atoms with Crippen LogP contribution in [0.4, 0.5) is 0 Å². The van der Waals surface area contributed by atoms with E-state index in [1.165, 1.54) is 0 Å². The first-order valence-electron chi connectivity index (χ1n) is 9.59. The van der Waals surface area contributed by atoms with E-state index in [1.54, 1.807) is 0 Å². The van der Waals surface area contributed by atoms with E-state index < -0.39 is 5.97 Å². The van der Waals surface area contributed by atoms with E-state index in [-0.39, 0.29) is 13.2 Å². The number of esters is 1. The largest absolute Gasteiger partial charge is 0.460 e. The molecule has 0 aliphatic carbocycles. The highest BCUT2D eigenvalue weighted by Crippen LogP contribution is 2.32. The number of hydrogen-bond acceptors (Lipinski definition) is 6. The number of aromatic nitrogens is 2. The number of carbonyl (C=O) groups excluding carboxylic acids is 1. The van der Waals surface area contributed by atoms with Crippen LogP contribution in [0, 0.1) is 6.92 Å². The fourth-order valence-electron chi connectivity index (χ4n) is 3.26. The van der Waals surface area contributed by atoms with Gasteiger partial charge in [-0.2, -0.15) is 0 Å². The lowest BCUT2D eigenvalue weighted by molar-refractivity contribution is -0.143. The number of hydrogen-bond donors (Lipinski definition) is 1. The number of carbonyl (C=O) groups is 1. The lowest BCUT2D eigenvalue weighted by Crippen LogP contribution is -2.16. The number of benzene rings is 3. The van der Waals surface area contributed by atoms with Gasteiger partial charge in [0.2, 0.25) is 11.8 Å². The zero-order valence-electron chi connectivity index (χ0n) is 16.5. The SMILES string of the molecule is Cc1c(-c2ccccc2)cccc1-c1nnc(-c2cccc(COC(=O)CN)c2)o1. The second-order valence-electron chi connectivity index (χ2n) is 6.82. The van der Waals surface area contributed by atoms with Crippen molar-refractivity contribution < 1.29 is 13.9 Å². The van der Waals surface area contributed by atoms with Crippen LogP contribution in [-0.2, 0) is 16.1 Å². The molecule has 0 saturated heterocycles. The summed E-state index contributed by atoms with van der Waals surface area (Å²) in [5, 5.41) is 8.47. The van der Waals surface area contributed by atoms with E-state index in [1.807, 2.05) is 61.5 Å². The van der Waals surface area contributed by atoms with Crippen molar-refractivity contribution in [1.82, 2.24) is 10.2 Å². The Balaban J connectivity index is 1.62. The molecule has 4 rings (SSSR count). The lowest BCUT2D eigenvalue weighted by Gasteiger charge is -2.09. The molecule has 0 saturated carbocycles. The van der Waals surface area contributed by atoms with Crippen LogP contribution >= 0.6 is 0 Å². The minimum absolute atomic E-state index is 0.142. The van der Waals surface area contributed by atoms with Crippen molar-refractivity contribution in [1.29, 1.82) is 0 Å². The zero-order valence-corrected chi connectivity index (χ0v) is 16.5. The summed E-state index contributed by atoms with van der Waals surface area (Å²) in [4.78, 5) is 11.3. The molecule has 0 amide bonds. The molecule has 2 N–H and O–H groups in total. The summed E-state index contributed by atoms with van der Waals surface area (Å²) >= 11 is 0. The molecule has 150 valence electrons. The van der Waals surface area contributed by atoms with Crippen LogP contribution in [0.2, 0.25) is 0 Å². The van der Waals surface area contributed by atoms with Gasteiger partial charge >= 0.3 is 5.97 Å². The van der Waals surface area contributed by atoms with Gasteiger partial charge in [-0.25, -0.2) is 0 Å². The zero-order chi connectivity index (χ0) is 20.9. The minimum atomic E-state index is -0.450. The minimum Gasteiger partial charge on any atom is -0.460 e. The summed E-state index contributed by atoms with van der Waals surface area (Å²) in [6.45, 7) is 2.05. The molecule has 1 heterocycles. The van der Waals surface area contributed by atoms with E-state index in [9.17, 15) is 4.79 Å². The second kappa shape index (κ2) is 8.71. The molecule has 0 radical (unpaired) electrons. The summed E-state index contributed by atoms with van der Waals surface area (Å²) in [6.07, 6.45) is 0. The Bertz CT molecular complexity index is 1170. The lowest BCUT2D eigenvalue weighted by atomic mass is 9.96. The van der Waals surface area contributed by atoms with E-state index >= 15 is 0 Å². The quantitative estimate of drug-likeness (QED) is 0.484. The van der Waals surface area contributed by atoms with E-state index in [4.69, 9.17) is 14.9 Å². The van der Waals surface area contributed by atoms with Crippen molar-refractivity contribution in [3.8, 4) is 34.0 Å². The summed E-state index contributed by atoms with van der Waals surface area (Å²) in [5.41, 5.74) is 11.1. The highest BCUT2D eigenvalue weighted by atomic mass is 16.5. The van der Waals surface area contributed by atoms with Crippen molar-refractivity contribution in [3.63, 3.8) is 0 Å². The van der Waals surface area contributed by atoms with Crippen LogP contribution in [0.3, 0.4) is 0 Å². The van der Waals surface area contributed by atoms with Gasteiger partial charge in [0.15, 0.2) is 0 Å². The van der Waals surface area contributed by atoms with Gasteiger partial charge in [-0.1, -0.05) is 54.6 Å². The Kier molecular flexibility index (Phi) is 5.68. The van der Waals surface area contributed by atoms with Crippen LogP contribution in [0.1, 0.15) is 11.1 Å². The van der Waals surface area contributed by atoms with Gasteiger partial charge in [0.05, 0.1) is 6.54 Å². The maximum absolute atomic E-state index is 11.3. The first kappa shape index (κ1) is 19.5. The maximum Gasteiger partial charge on any atom is 0.320 e. The van der Waals surface area contributed by atoms with Crippen LogP contribution < -0.4 is 5.73 Å². The topological polar surface area (TPSA) is 91.2 Å². The standard InChI is InChI=1S/C24H21N3O3/c1-16-20(18-8-3-2-4-9-18)11-6-12-21(16)24-27-26-23(30-24)19-10-5-7-17(13-19)15-29-22(28)14-25/h2-13H,14-15,25H2,1H3. The fourth-order valence-corrected chi connectivity index (χ4v) is 3.26. The summed E-state index contributed by atoms with van der Waals surface area (Å²) < 4.78 is 11.1. The first-order chi connectivity index (χ1) is 14.7. The molecule has 0 fully saturated rings. The molecule has 0 bridgehead atoms. The van der Waals surface area contributed by atoms with Gasteiger partial charge in [-0.3, -0.25) is 4.79 Å². The molecule has 0 aliphatic rings. The molecule has 6 nitrogen and oxygen atoms in total. The first-order valence-corrected chi connectivity index (χ1v) is 9.59. The molecule has 0 atom stereocenters. The number of ether oxygens (including phenoxy) is 1. The van der Waals surface area contributed by atoms with Gasteiger partial charge in [0.1, 0.15) is 6.61 Å². The predicted molar refractivity (Wildman–Crippen MR) is 114 cm³/mol. The summed E-state index contributed by atoms with van der Waals surface area (Å²) in [7, 11) is 0. The van der Waals surface area contributed by atoms with Crippen molar-refractivity contribution >= 4 is 5.97 Å². The summed E-state index contributed by atoms with van der Waals surface area (Å²) in [6, 6.07) is 23.7. The fraction of sp³-hybridized carbons (Fsp3) is 0.125. The molecule has 6 heteroatoms. The average Bonchev–Trinajstić information content (AvgIpc) is 3.28. The van der Waals surface area contributed by atoms with Crippen LogP contribution in [0.5, 0.6) is 0 Å². The van der Waals surface area contributed by atoms with Gasteiger partial charge in [-0.05, 0) is 47.4 Å². The van der Waals surface area contributed by atoms with E-state index in [0.29, 0.717) is 11.8 Å². The van der Waals surface area contributed by atoms with Gasteiger partial charge < -0.3 is 14.9 Å². The number of rotatable bonds is 6. The van der Waals surface area contributed by atoms with E-state index in [0.717, 1.165) is 33.4 Å². The van der Waals surface area contributed by atoms with Crippen molar-refractivity contribution in [2.24, 2.45) is 5.73 Å². The van der Waals surface area contributed by atoms with E-state index in [2.05, 4.69) is 28.4 Å². The molecule has 3 aromatic carbocycles. The third-order valence-corrected chi connectivity index (χ3v) is 4.81. The van der Waals surface area contributed by atoms with Gasteiger partial charge in [0, 0.05) is 11.1 Å². The predicted octanol–water partition coefficient (Wildman–Crippen LogP) is 4.38. The Morgan fingerprint density at radius 2 is 1.60 bits per heavy atom. The molecule has 1 aromatic heterocycles. The molecule has 0 aliphatic heterocycles. The van der Waals surface area contributed by atoms with Crippen molar-refractivity contribution in [2.75, 3.05) is 6.54 Å². The molecule has 0 spiro atoms. The summed E-state index contributed by atoms with van der Waals surface area (Å²) in [5.74, 6) is 0.413. The smallest absolute Gasteiger partial charge is 0.320 e. The highest BCUT2D eigenvalue weighted by Gasteiger charge is 2.15. The van der Waals surface area contributed by atoms with Crippen LogP contribution in [0.25, 0.3) is 34.0 Å². The average molecular weight is 399 g/mol. The third kappa shape index (κ3) is 4.14. The number of nitrogens with two attached hydrogens (primary N) is 1. The van der Waals surface area contributed by atoms with Crippen molar-refractivity contribution in [3.05, 3.63) is 83.9 Å². The Hall–Kier alpha value is -3.77. The monoisotopic (exact) mass is 399 g/mol. The molecular formula is C24H21N3O3. The molecular weight excluding hydrogens is 378 g/mol. The van der Waals surface area contributed by atoms with Crippen molar-refractivity contribution in [2.45, 2.75) is 13.5 Å². The Labute approximate surface area is 174 Å². The second-order valence-corrected chi connectivity index (χ2v) is 6.82. The maximum atomic E-state index is 11.3. The Morgan fingerprint density at radius 3 is 2.40 bits per heavy atom. The molecule has 4 aromatic rings. The molecule has 0 unspecified atom stereocenters. The number of nitrogens with zero attached hydrogens (tertiary/aromatic N) is 2. The van der Waals surface area contributed by atoms with Crippen LogP contribution in [-0.4, -0.2) is 22.7 Å². The molecule has 30 heavy (non-hydrogen) atoms. The van der Waals surface area contributed by atoms with Gasteiger partial charge in [-0.15, -0.1) is 10.2 Å². The Morgan fingerprint density at radius 1 is 0.900 bits per heavy atom. The van der Waals surface area contributed by atoms with Crippen LogP contribution in [0.15, 0.2) is 77.2 Å². The highest BCUT2D eigenvalue weighted by molar-refractivity contribution is 5.75.